The summed E-state index contributed by atoms with van der Waals surface area (Å²) in [5, 5.41) is 0. The molecule has 26 heavy (non-hydrogen) atoms. The van der Waals surface area contributed by atoms with Crippen molar-refractivity contribution in [1.82, 2.24) is 0 Å². The first-order valence-corrected chi connectivity index (χ1v) is 10.5. The summed E-state index contributed by atoms with van der Waals surface area (Å²) in [6.07, 6.45) is 14.5. The fourth-order valence-corrected chi connectivity index (χ4v) is 3.63. The SMILES string of the molecule is CCCCCCCCCCCCc1c(-c2ccccc2)ccc(N)c1N. The van der Waals surface area contributed by atoms with Gasteiger partial charge in [-0.2, -0.15) is 0 Å². The Balaban J connectivity index is 1.79. The molecular weight excluding hydrogens is 316 g/mol. The Labute approximate surface area is 160 Å². The van der Waals surface area contributed by atoms with E-state index >= 15 is 0 Å². The largest absolute Gasteiger partial charge is 0.397 e. The molecule has 4 N–H and O–H groups in total. The molecule has 0 spiro atoms. The molecule has 0 radical (unpaired) electrons. The monoisotopic (exact) mass is 352 g/mol. The lowest BCUT2D eigenvalue weighted by atomic mass is 9.93. The molecule has 2 rings (SSSR count). The molecule has 0 aliphatic rings. The fourth-order valence-electron chi connectivity index (χ4n) is 3.63. The molecule has 0 fully saturated rings. The second-order valence-electron chi connectivity index (χ2n) is 7.39. The molecule has 0 bridgehead atoms. The average molecular weight is 353 g/mol. The van der Waals surface area contributed by atoms with Gasteiger partial charge in [-0.25, -0.2) is 0 Å². The minimum Gasteiger partial charge on any atom is -0.397 e. The molecule has 2 aromatic rings. The van der Waals surface area contributed by atoms with Crippen molar-refractivity contribution in [3.63, 3.8) is 0 Å². The normalized spacial score (nSPS) is 11.0. The van der Waals surface area contributed by atoms with Gasteiger partial charge in [-0.3, -0.25) is 0 Å². The highest BCUT2D eigenvalue weighted by Gasteiger charge is 2.10. The number of hydrogen-bond acceptors (Lipinski definition) is 2. The Bertz CT molecular complexity index is 634. The third-order valence-corrected chi connectivity index (χ3v) is 5.26. The van der Waals surface area contributed by atoms with E-state index < -0.39 is 0 Å². The lowest BCUT2D eigenvalue weighted by Crippen LogP contribution is -2.02. The topological polar surface area (TPSA) is 52.0 Å². The maximum Gasteiger partial charge on any atom is 0.0586 e. The van der Waals surface area contributed by atoms with Crippen LogP contribution in [0, 0.1) is 0 Å². The zero-order chi connectivity index (χ0) is 18.6. The smallest absolute Gasteiger partial charge is 0.0586 e. The van der Waals surface area contributed by atoms with Crippen molar-refractivity contribution in [3.05, 3.63) is 48.0 Å². The van der Waals surface area contributed by atoms with Crippen LogP contribution in [-0.4, -0.2) is 0 Å². The number of anilines is 2. The van der Waals surface area contributed by atoms with Crippen molar-refractivity contribution in [1.29, 1.82) is 0 Å². The van der Waals surface area contributed by atoms with E-state index in [0.29, 0.717) is 5.69 Å². The second-order valence-corrected chi connectivity index (χ2v) is 7.39. The standard InChI is InChI=1S/C24H36N2/c1-2-3-4-5-6-7-8-9-10-14-17-22-21(18-19-23(25)24(22)26)20-15-12-11-13-16-20/h11-13,15-16,18-19H,2-10,14,17,25-26H2,1H3. The van der Waals surface area contributed by atoms with Gasteiger partial charge in [0.05, 0.1) is 11.4 Å². The van der Waals surface area contributed by atoms with Gasteiger partial charge in [-0.15, -0.1) is 0 Å². The first-order valence-electron chi connectivity index (χ1n) is 10.5. The summed E-state index contributed by atoms with van der Waals surface area (Å²) in [5.41, 5.74) is 17.5. The van der Waals surface area contributed by atoms with Gasteiger partial charge in [0.25, 0.3) is 0 Å². The summed E-state index contributed by atoms with van der Waals surface area (Å²) < 4.78 is 0. The van der Waals surface area contributed by atoms with Crippen LogP contribution in [-0.2, 0) is 6.42 Å². The van der Waals surface area contributed by atoms with Crippen LogP contribution in [0.4, 0.5) is 11.4 Å². The van der Waals surface area contributed by atoms with Crippen molar-refractivity contribution in [2.45, 2.75) is 77.6 Å². The van der Waals surface area contributed by atoms with Crippen molar-refractivity contribution in [2.75, 3.05) is 11.5 Å². The first-order chi connectivity index (χ1) is 12.7. The maximum absolute atomic E-state index is 6.32. The van der Waals surface area contributed by atoms with E-state index in [1.165, 1.54) is 80.9 Å². The average Bonchev–Trinajstić information content (AvgIpc) is 2.67. The molecule has 0 heterocycles. The molecule has 2 heteroatoms. The first kappa shape index (κ1) is 20.4. The summed E-state index contributed by atoms with van der Waals surface area (Å²) >= 11 is 0. The number of rotatable bonds is 12. The van der Waals surface area contributed by atoms with Crippen molar-refractivity contribution >= 4 is 11.4 Å². The van der Waals surface area contributed by atoms with E-state index in [1.54, 1.807) is 0 Å². The quantitative estimate of drug-likeness (QED) is 0.320. The van der Waals surface area contributed by atoms with Crippen LogP contribution in [0.3, 0.4) is 0 Å². The van der Waals surface area contributed by atoms with Gasteiger partial charge in [0.15, 0.2) is 0 Å². The Morgan fingerprint density at radius 2 is 1.23 bits per heavy atom. The van der Waals surface area contributed by atoms with E-state index in [1.807, 2.05) is 12.1 Å². The molecule has 142 valence electrons. The minimum atomic E-state index is 0.701. The maximum atomic E-state index is 6.32. The lowest BCUT2D eigenvalue weighted by Gasteiger charge is -2.15. The van der Waals surface area contributed by atoms with Gasteiger partial charge in [0.1, 0.15) is 0 Å². The van der Waals surface area contributed by atoms with Gasteiger partial charge in [-0.05, 0) is 35.6 Å². The Hall–Kier alpha value is -1.96. The van der Waals surface area contributed by atoms with E-state index in [0.717, 1.165) is 12.1 Å². The van der Waals surface area contributed by atoms with Crippen LogP contribution < -0.4 is 11.5 Å². The molecule has 0 unspecified atom stereocenters. The molecule has 0 aliphatic heterocycles. The van der Waals surface area contributed by atoms with Crippen molar-refractivity contribution < 1.29 is 0 Å². The van der Waals surface area contributed by atoms with E-state index in [-0.39, 0.29) is 0 Å². The molecule has 0 saturated carbocycles. The van der Waals surface area contributed by atoms with Crippen LogP contribution in [0.15, 0.2) is 42.5 Å². The highest BCUT2D eigenvalue weighted by molar-refractivity contribution is 5.80. The van der Waals surface area contributed by atoms with Crippen LogP contribution in [0.25, 0.3) is 11.1 Å². The molecule has 0 aromatic heterocycles. The highest BCUT2D eigenvalue weighted by Crippen LogP contribution is 2.33. The predicted molar refractivity (Wildman–Crippen MR) is 116 cm³/mol. The van der Waals surface area contributed by atoms with Gasteiger partial charge < -0.3 is 11.5 Å². The van der Waals surface area contributed by atoms with Crippen LogP contribution in [0.1, 0.15) is 76.7 Å². The minimum absolute atomic E-state index is 0.701. The molecule has 0 saturated heterocycles. The van der Waals surface area contributed by atoms with E-state index in [9.17, 15) is 0 Å². The van der Waals surface area contributed by atoms with Crippen molar-refractivity contribution in [3.8, 4) is 11.1 Å². The number of hydrogen-bond donors (Lipinski definition) is 2. The molecular formula is C24H36N2. The van der Waals surface area contributed by atoms with Crippen LogP contribution in [0.5, 0.6) is 0 Å². The zero-order valence-corrected chi connectivity index (χ0v) is 16.5. The summed E-state index contributed by atoms with van der Waals surface area (Å²) in [7, 11) is 0. The third-order valence-electron chi connectivity index (χ3n) is 5.26. The predicted octanol–water partition coefficient (Wildman–Crippen LogP) is 6.98. The van der Waals surface area contributed by atoms with Gasteiger partial charge in [0, 0.05) is 0 Å². The number of unbranched alkanes of at least 4 members (excludes halogenated alkanes) is 9. The molecule has 0 atom stereocenters. The third kappa shape index (κ3) is 6.40. The number of benzene rings is 2. The van der Waals surface area contributed by atoms with E-state index in [2.05, 4.69) is 37.3 Å². The molecule has 0 amide bonds. The summed E-state index contributed by atoms with van der Waals surface area (Å²) in [6.45, 7) is 2.27. The van der Waals surface area contributed by atoms with Gasteiger partial charge in [0.2, 0.25) is 0 Å². The summed E-state index contributed by atoms with van der Waals surface area (Å²) in [4.78, 5) is 0. The van der Waals surface area contributed by atoms with Crippen LogP contribution in [0.2, 0.25) is 0 Å². The number of nitrogens with two attached hydrogens (primary N) is 2. The Morgan fingerprint density at radius 1 is 0.654 bits per heavy atom. The summed E-state index contributed by atoms with van der Waals surface area (Å²) in [5.74, 6) is 0. The summed E-state index contributed by atoms with van der Waals surface area (Å²) in [6, 6.07) is 14.5. The van der Waals surface area contributed by atoms with Gasteiger partial charge in [-0.1, -0.05) is 101 Å². The molecule has 2 nitrogen and oxygen atoms in total. The van der Waals surface area contributed by atoms with Crippen molar-refractivity contribution in [2.24, 2.45) is 0 Å². The second kappa shape index (κ2) is 11.6. The van der Waals surface area contributed by atoms with E-state index in [4.69, 9.17) is 11.5 Å². The molecule has 0 aliphatic carbocycles. The fraction of sp³-hybridized carbons (Fsp3) is 0.500. The van der Waals surface area contributed by atoms with Crippen LogP contribution >= 0.6 is 0 Å². The highest BCUT2D eigenvalue weighted by atomic mass is 14.7. The molecule has 2 aromatic carbocycles. The zero-order valence-electron chi connectivity index (χ0n) is 16.5. The van der Waals surface area contributed by atoms with Gasteiger partial charge >= 0.3 is 0 Å². The Morgan fingerprint density at radius 3 is 1.85 bits per heavy atom. The lowest BCUT2D eigenvalue weighted by molar-refractivity contribution is 0.556. The Kier molecular flexibility index (Phi) is 9.09. The number of nitrogen functional groups attached to an aromatic ring is 2.